The zero-order chi connectivity index (χ0) is 65.9. The molecule has 0 radical (unpaired) electrons. The molecule has 0 bridgehead atoms. The molecule has 0 aromatic rings. The minimum absolute atomic E-state index is 0.0805. The summed E-state index contributed by atoms with van der Waals surface area (Å²) < 4.78 is 61.3. The van der Waals surface area contributed by atoms with E-state index in [9.17, 15) is 91.6 Å². The Labute approximate surface area is 518 Å². The molecule has 0 spiro atoms. The Balaban J connectivity index is 1.05. The summed E-state index contributed by atoms with van der Waals surface area (Å²) in [6.07, 6.45) is -36.4. The van der Waals surface area contributed by atoms with Gasteiger partial charge in [-0.2, -0.15) is 0 Å². The van der Waals surface area contributed by atoms with Gasteiger partial charge in [-0.05, 0) is 114 Å². The number of ether oxygens (including phenoxy) is 10. The lowest BCUT2D eigenvalue weighted by Gasteiger charge is -2.64. The molecule has 8 rings (SSSR count). The summed E-state index contributed by atoms with van der Waals surface area (Å²) in [5.41, 5.74) is -3.77. The van der Waals surface area contributed by atoms with Crippen LogP contribution in [-0.2, 0) is 52.2 Å². The van der Waals surface area contributed by atoms with Gasteiger partial charge in [0.05, 0.1) is 62.0 Å². The highest BCUT2D eigenvalue weighted by Gasteiger charge is 2.69. The van der Waals surface area contributed by atoms with E-state index in [-0.39, 0.29) is 18.3 Å². The number of carbonyl (C=O) groups is 1. The number of fused-ring (bicyclic) bond motifs is 3. The highest BCUT2D eigenvalue weighted by atomic mass is 16.8. The summed E-state index contributed by atoms with van der Waals surface area (Å²) in [6.45, 7) is 14.9. The van der Waals surface area contributed by atoms with Crippen molar-refractivity contribution in [2.45, 2.75) is 297 Å². The van der Waals surface area contributed by atoms with Gasteiger partial charge in [-0.25, -0.2) is 0 Å². The third-order valence-electron chi connectivity index (χ3n) is 21.2. The quantitative estimate of drug-likeness (QED) is 0.0381. The number of aliphatic hydroxyl groups is 17. The lowest BCUT2D eigenvalue weighted by atomic mass is 9.42. The van der Waals surface area contributed by atoms with Crippen LogP contribution in [0.25, 0.3) is 0 Å². The lowest BCUT2D eigenvalue weighted by molar-refractivity contribution is -0.396. The summed E-state index contributed by atoms with van der Waals surface area (Å²) in [5, 5.41) is 190. The van der Waals surface area contributed by atoms with Crippen LogP contribution in [0.1, 0.15) is 121 Å². The molecule has 0 unspecified atom stereocenters. The number of hydrogen-bond acceptors (Lipinski definition) is 28. The number of amides is 1. The van der Waals surface area contributed by atoms with Crippen molar-refractivity contribution in [1.29, 1.82) is 0 Å². The largest absolute Gasteiger partial charge is 0.394 e. The Morgan fingerprint density at radius 2 is 1.18 bits per heavy atom. The predicted molar refractivity (Wildman–Crippen MR) is 303 cm³/mol. The molecule has 5 heterocycles. The van der Waals surface area contributed by atoms with E-state index in [0.717, 1.165) is 12.5 Å². The minimum atomic E-state index is -1.97. The predicted octanol–water partition coefficient (Wildman–Crippen LogP) is -4.48. The van der Waals surface area contributed by atoms with E-state index in [2.05, 4.69) is 19.2 Å². The second kappa shape index (κ2) is 28.4. The molecule has 33 atom stereocenters. The minimum Gasteiger partial charge on any atom is -0.394 e. The molecule has 0 aromatic heterocycles. The van der Waals surface area contributed by atoms with Crippen LogP contribution >= 0.6 is 0 Å². The first-order chi connectivity index (χ1) is 41.4. The van der Waals surface area contributed by atoms with Crippen molar-refractivity contribution in [3.63, 3.8) is 0 Å². The topological polar surface area (TPSA) is 465 Å². The zero-order valence-corrected chi connectivity index (χ0v) is 52.5. The van der Waals surface area contributed by atoms with E-state index < -0.39 is 231 Å². The van der Waals surface area contributed by atoms with Gasteiger partial charge in [0.15, 0.2) is 31.5 Å². The van der Waals surface area contributed by atoms with Crippen LogP contribution in [0.2, 0.25) is 0 Å². The van der Waals surface area contributed by atoms with Crippen molar-refractivity contribution in [1.82, 2.24) is 5.32 Å². The molecule has 0 aromatic carbocycles. The molecule has 5 saturated heterocycles. The van der Waals surface area contributed by atoms with Crippen LogP contribution in [0, 0.1) is 34.0 Å². The van der Waals surface area contributed by atoms with E-state index in [1.54, 1.807) is 13.8 Å². The van der Waals surface area contributed by atoms with E-state index >= 15 is 0 Å². The van der Waals surface area contributed by atoms with E-state index in [0.29, 0.717) is 44.9 Å². The first-order valence-corrected chi connectivity index (χ1v) is 31.3. The molecule has 8 aliphatic rings. The first kappa shape index (κ1) is 72.9. The second-order valence-corrected chi connectivity index (χ2v) is 28.5. The first-order valence-electron chi connectivity index (χ1n) is 31.3. The van der Waals surface area contributed by atoms with E-state index in [4.69, 9.17) is 47.4 Å². The van der Waals surface area contributed by atoms with Crippen molar-refractivity contribution >= 4 is 5.91 Å². The lowest BCUT2D eigenvalue weighted by Crippen LogP contribution is -2.69. The number of carbonyl (C=O) groups excluding carboxylic acids is 1. The monoisotopic (exact) mass is 1290 g/mol. The molecule has 8 fully saturated rings. The maximum atomic E-state index is 12.9. The molecule has 29 nitrogen and oxygen atoms in total. The maximum absolute atomic E-state index is 12.9. The normalized spacial score (nSPS) is 48.6. The van der Waals surface area contributed by atoms with Crippen molar-refractivity contribution in [3.05, 3.63) is 11.6 Å². The standard InChI is InChI=1S/C60H103NO28/c1-24(18-28(65)50(77)57(6,7)78)12-11-15-60(10,79)49-27(64)19-34-58(8)17-14-35(56(4,5)33(58)13-16-59(34,49)9)86-55-48(43(74)40(71)32(85-55)23-82-52-44(75)38(69)29(66)21-80-52)89-54-47(42(73)37(68)25(2)83-54)88-51-36(61-26(3)63)46(41(72)31(20-62)84-51)87-53-45(76)39(70)30(67)22-81-53/h12,25,27-55,62,64-79H,11,13-23H2,1-10H3,(H,61,63)/b24-12+/t25-,27+,28-,29+,30-,31+,32+,33-,34+,35-,36+,37-,38-,39-,40+,41+,42+,43-,44+,45+,46+,47+,48+,49+,50-,51-,52-,53-,54-,55-,58-,59+,60+/m0/s1. The van der Waals surface area contributed by atoms with Gasteiger partial charge in [0.1, 0.15) is 110 Å². The fraction of sp³-hybridized carbons (Fsp3) is 0.950. The SMILES string of the molecule is CC(=O)N[C@H]1[C@H](O[C@H]2[C@H](O[C@H]3[C@H](O[C@H]4CC[C@]5(C)[C@H]6C[C@@H](O)[C@@H]([C@](C)(O)CC/C=C(\C)C[C@H](O)[C@H](O)C(C)(C)O)[C@]6(C)CC[C@H]5C4(C)C)O[C@H](CO[C@@H]4OC[C@@H](O)[C@H](O)[C@H]4O)[C@@H](O)[C@@H]3O)O[C@@H](C)[C@H](O)[C@H]2O)O[C@H](CO)[C@@H](O)[C@@H]1O[C@@H]1OC[C@H](O)[C@H](O)[C@H]1O. The van der Waals surface area contributed by atoms with Gasteiger partial charge < -0.3 is 139 Å². The fourth-order valence-corrected chi connectivity index (χ4v) is 16.4. The van der Waals surface area contributed by atoms with E-state index in [1.807, 2.05) is 19.9 Å². The number of rotatable bonds is 21. The van der Waals surface area contributed by atoms with Gasteiger partial charge in [0, 0.05) is 12.8 Å². The summed E-state index contributed by atoms with van der Waals surface area (Å²) in [7, 11) is 0. The smallest absolute Gasteiger partial charge is 0.217 e. The van der Waals surface area contributed by atoms with Gasteiger partial charge in [-0.15, -0.1) is 0 Å². The van der Waals surface area contributed by atoms with Crippen molar-refractivity contribution in [2.75, 3.05) is 26.4 Å². The van der Waals surface area contributed by atoms with Crippen LogP contribution in [0.5, 0.6) is 0 Å². The molecule has 18 N–H and O–H groups in total. The third kappa shape index (κ3) is 14.9. The Hall–Kier alpha value is -1.87. The van der Waals surface area contributed by atoms with Crippen LogP contribution < -0.4 is 5.32 Å². The van der Waals surface area contributed by atoms with Gasteiger partial charge in [-0.1, -0.05) is 39.3 Å². The maximum Gasteiger partial charge on any atom is 0.217 e. The molecular formula is C60H103NO28. The van der Waals surface area contributed by atoms with Crippen molar-refractivity contribution in [3.8, 4) is 0 Å². The Morgan fingerprint density at radius 3 is 1.79 bits per heavy atom. The van der Waals surface area contributed by atoms with Crippen LogP contribution in [0.15, 0.2) is 11.6 Å². The highest BCUT2D eigenvalue weighted by molar-refractivity contribution is 5.73. The van der Waals surface area contributed by atoms with Gasteiger partial charge in [0.25, 0.3) is 0 Å². The summed E-state index contributed by atoms with van der Waals surface area (Å²) in [4.78, 5) is 12.9. The van der Waals surface area contributed by atoms with Crippen LogP contribution in [0.4, 0.5) is 0 Å². The third-order valence-corrected chi connectivity index (χ3v) is 21.2. The molecule has 29 heteroatoms. The van der Waals surface area contributed by atoms with E-state index in [1.165, 1.54) is 20.8 Å². The Kier molecular flexibility index (Phi) is 23.3. The summed E-state index contributed by atoms with van der Waals surface area (Å²) in [5.74, 6) is -1.44. The Bertz CT molecular complexity index is 2350. The molecule has 3 saturated carbocycles. The molecule has 3 aliphatic carbocycles. The van der Waals surface area contributed by atoms with Crippen molar-refractivity contribution in [2.24, 2.45) is 34.0 Å². The van der Waals surface area contributed by atoms with Gasteiger partial charge >= 0.3 is 0 Å². The summed E-state index contributed by atoms with van der Waals surface area (Å²) >= 11 is 0. The molecular weight excluding hydrogens is 1180 g/mol. The average molecular weight is 1290 g/mol. The average Bonchev–Trinajstić information content (AvgIpc) is 1.63. The number of aliphatic hydroxyl groups excluding tert-OH is 15. The van der Waals surface area contributed by atoms with Gasteiger partial charge in [-0.3, -0.25) is 4.79 Å². The number of nitrogens with one attached hydrogen (secondary N) is 1. The van der Waals surface area contributed by atoms with Crippen LogP contribution in [0.3, 0.4) is 0 Å². The number of hydrogen-bond donors (Lipinski definition) is 18. The summed E-state index contributed by atoms with van der Waals surface area (Å²) in [6, 6.07) is -1.61. The van der Waals surface area contributed by atoms with Crippen molar-refractivity contribution < 1.29 is 139 Å². The zero-order valence-electron chi connectivity index (χ0n) is 52.5. The second-order valence-electron chi connectivity index (χ2n) is 28.5. The molecule has 5 aliphatic heterocycles. The van der Waals surface area contributed by atoms with Gasteiger partial charge in [0.2, 0.25) is 5.91 Å². The Morgan fingerprint density at radius 1 is 0.629 bits per heavy atom. The molecule has 516 valence electrons. The molecule has 89 heavy (non-hydrogen) atoms. The molecule has 1 amide bonds. The van der Waals surface area contributed by atoms with Crippen LogP contribution in [-0.4, -0.2) is 296 Å². The number of allylic oxidation sites excluding steroid dienone is 1. The fourth-order valence-electron chi connectivity index (χ4n) is 16.4. The highest BCUT2D eigenvalue weighted by Crippen LogP contribution is 2.71.